The Morgan fingerprint density at radius 1 is 1.24 bits per heavy atom. The van der Waals surface area contributed by atoms with E-state index in [1.165, 1.54) is 11.8 Å². The standard InChI is InChI=1S/C16H18N2O2S/c1-11-3-5-12(6-4-11)18-16(19)10-21-15-9-13(20-2)7-8-14(15)17/h3-9H,10,17H2,1-2H3,(H,18,19). The van der Waals surface area contributed by atoms with Crippen LogP contribution in [-0.2, 0) is 4.79 Å². The first-order valence-electron chi connectivity index (χ1n) is 6.51. The summed E-state index contributed by atoms with van der Waals surface area (Å²) in [5.74, 6) is 0.960. The Morgan fingerprint density at radius 2 is 1.95 bits per heavy atom. The van der Waals surface area contributed by atoms with Crippen LogP contribution in [0.15, 0.2) is 47.4 Å². The average Bonchev–Trinajstić information content (AvgIpc) is 2.49. The van der Waals surface area contributed by atoms with Gasteiger partial charge in [-0.1, -0.05) is 17.7 Å². The summed E-state index contributed by atoms with van der Waals surface area (Å²) in [6, 6.07) is 13.1. The molecule has 110 valence electrons. The highest BCUT2D eigenvalue weighted by molar-refractivity contribution is 8.00. The molecule has 0 spiro atoms. The normalized spacial score (nSPS) is 10.2. The average molecular weight is 302 g/mol. The van der Waals surface area contributed by atoms with Crippen molar-refractivity contribution in [2.24, 2.45) is 0 Å². The van der Waals surface area contributed by atoms with Gasteiger partial charge in [0.15, 0.2) is 0 Å². The van der Waals surface area contributed by atoms with Crippen molar-refractivity contribution in [2.75, 3.05) is 23.9 Å². The fourth-order valence-corrected chi connectivity index (χ4v) is 2.54. The van der Waals surface area contributed by atoms with Crippen LogP contribution in [0.3, 0.4) is 0 Å². The van der Waals surface area contributed by atoms with E-state index in [4.69, 9.17) is 10.5 Å². The number of ether oxygens (including phenoxy) is 1. The zero-order valence-corrected chi connectivity index (χ0v) is 12.9. The number of carbonyl (C=O) groups is 1. The van der Waals surface area contributed by atoms with Crippen LogP contribution in [0.2, 0.25) is 0 Å². The lowest BCUT2D eigenvalue weighted by atomic mass is 10.2. The van der Waals surface area contributed by atoms with Crippen molar-refractivity contribution >= 4 is 29.0 Å². The minimum absolute atomic E-state index is 0.0638. The molecule has 0 fully saturated rings. The molecule has 1 amide bonds. The topological polar surface area (TPSA) is 64.3 Å². The molecule has 2 aromatic carbocycles. The zero-order chi connectivity index (χ0) is 15.2. The molecule has 0 aromatic heterocycles. The van der Waals surface area contributed by atoms with E-state index in [9.17, 15) is 4.79 Å². The van der Waals surface area contributed by atoms with E-state index in [2.05, 4.69) is 5.32 Å². The second kappa shape index (κ2) is 7.04. The SMILES string of the molecule is COc1ccc(N)c(SCC(=O)Nc2ccc(C)cc2)c1. The summed E-state index contributed by atoms with van der Waals surface area (Å²) < 4.78 is 5.15. The lowest BCUT2D eigenvalue weighted by Crippen LogP contribution is -2.14. The second-order valence-corrected chi connectivity index (χ2v) is 5.62. The number of hydrogen-bond donors (Lipinski definition) is 2. The van der Waals surface area contributed by atoms with Gasteiger partial charge in [0.2, 0.25) is 5.91 Å². The maximum absolute atomic E-state index is 11.9. The minimum Gasteiger partial charge on any atom is -0.497 e. The van der Waals surface area contributed by atoms with Crippen molar-refractivity contribution < 1.29 is 9.53 Å². The maximum Gasteiger partial charge on any atom is 0.234 e. The molecule has 0 atom stereocenters. The first kappa shape index (κ1) is 15.3. The fraction of sp³-hybridized carbons (Fsp3) is 0.188. The van der Waals surface area contributed by atoms with E-state index in [0.29, 0.717) is 11.4 Å². The molecule has 0 saturated carbocycles. The Bertz CT molecular complexity index is 627. The first-order chi connectivity index (χ1) is 10.1. The number of thioether (sulfide) groups is 1. The van der Waals surface area contributed by atoms with Crippen LogP contribution in [-0.4, -0.2) is 18.8 Å². The van der Waals surface area contributed by atoms with Crippen molar-refractivity contribution in [1.82, 2.24) is 0 Å². The number of rotatable bonds is 5. The molecular formula is C16H18N2O2S. The molecular weight excluding hydrogens is 284 g/mol. The summed E-state index contributed by atoms with van der Waals surface area (Å²) in [6.45, 7) is 2.01. The Labute approximate surface area is 128 Å². The molecule has 0 aliphatic carbocycles. The molecule has 5 heteroatoms. The number of methoxy groups -OCH3 is 1. The molecule has 0 aliphatic heterocycles. The highest BCUT2D eigenvalue weighted by atomic mass is 32.2. The number of amides is 1. The van der Waals surface area contributed by atoms with E-state index in [0.717, 1.165) is 21.9 Å². The predicted octanol–water partition coefficient (Wildman–Crippen LogP) is 3.32. The van der Waals surface area contributed by atoms with Gasteiger partial charge < -0.3 is 15.8 Å². The number of carbonyl (C=O) groups excluding carboxylic acids is 1. The maximum atomic E-state index is 11.9. The molecule has 0 unspecified atom stereocenters. The number of nitrogen functional groups attached to an aromatic ring is 1. The fourth-order valence-electron chi connectivity index (χ4n) is 1.74. The van der Waals surface area contributed by atoms with Gasteiger partial charge in [0.25, 0.3) is 0 Å². The van der Waals surface area contributed by atoms with Gasteiger partial charge in [0, 0.05) is 16.3 Å². The second-order valence-electron chi connectivity index (χ2n) is 4.61. The van der Waals surface area contributed by atoms with E-state index in [1.807, 2.05) is 37.3 Å². The van der Waals surface area contributed by atoms with Crippen molar-refractivity contribution in [3.63, 3.8) is 0 Å². The Balaban J connectivity index is 1.93. The largest absolute Gasteiger partial charge is 0.497 e. The first-order valence-corrected chi connectivity index (χ1v) is 7.50. The highest BCUT2D eigenvalue weighted by Gasteiger charge is 2.07. The van der Waals surface area contributed by atoms with Gasteiger partial charge in [0.1, 0.15) is 5.75 Å². The zero-order valence-electron chi connectivity index (χ0n) is 12.1. The summed E-state index contributed by atoms with van der Waals surface area (Å²) in [5, 5.41) is 2.86. The molecule has 0 bridgehead atoms. The number of nitrogens with one attached hydrogen (secondary N) is 1. The van der Waals surface area contributed by atoms with Crippen LogP contribution < -0.4 is 15.8 Å². The molecule has 3 N–H and O–H groups in total. The number of benzene rings is 2. The Morgan fingerprint density at radius 3 is 2.62 bits per heavy atom. The predicted molar refractivity (Wildman–Crippen MR) is 87.9 cm³/mol. The quantitative estimate of drug-likeness (QED) is 0.657. The monoisotopic (exact) mass is 302 g/mol. The highest BCUT2D eigenvalue weighted by Crippen LogP contribution is 2.29. The van der Waals surface area contributed by atoms with Gasteiger partial charge in [-0.3, -0.25) is 4.79 Å². The van der Waals surface area contributed by atoms with Gasteiger partial charge in [-0.15, -0.1) is 11.8 Å². The molecule has 21 heavy (non-hydrogen) atoms. The lowest BCUT2D eigenvalue weighted by Gasteiger charge is -2.08. The molecule has 2 rings (SSSR count). The molecule has 0 heterocycles. The Kier molecular flexibility index (Phi) is 5.11. The van der Waals surface area contributed by atoms with E-state index in [-0.39, 0.29) is 5.91 Å². The van der Waals surface area contributed by atoms with Gasteiger partial charge in [0.05, 0.1) is 12.9 Å². The summed E-state index contributed by atoms with van der Waals surface area (Å²) in [5.41, 5.74) is 8.49. The minimum atomic E-state index is -0.0638. The number of nitrogens with two attached hydrogens (primary N) is 1. The van der Waals surface area contributed by atoms with E-state index >= 15 is 0 Å². The van der Waals surface area contributed by atoms with Crippen LogP contribution in [0.5, 0.6) is 5.75 Å². The van der Waals surface area contributed by atoms with Gasteiger partial charge in [-0.2, -0.15) is 0 Å². The molecule has 0 radical (unpaired) electrons. The third kappa shape index (κ3) is 4.43. The summed E-state index contributed by atoms with van der Waals surface area (Å²) in [4.78, 5) is 12.8. The number of anilines is 2. The Hall–Kier alpha value is -2.14. The van der Waals surface area contributed by atoms with Crippen LogP contribution >= 0.6 is 11.8 Å². The number of hydrogen-bond acceptors (Lipinski definition) is 4. The van der Waals surface area contributed by atoms with E-state index < -0.39 is 0 Å². The lowest BCUT2D eigenvalue weighted by molar-refractivity contribution is -0.113. The van der Waals surface area contributed by atoms with E-state index in [1.54, 1.807) is 19.2 Å². The van der Waals surface area contributed by atoms with Crippen molar-refractivity contribution in [3.05, 3.63) is 48.0 Å². The van der Waals surface area contributed by atoms with Gasteiger partial charge >= 0.3 is 0 Å². The molecule has 0 saturated heterocycles. The molecule has 0 aliphatic rings. The van der Waals surface area contributed by atoms with Gasteiger partial charge in [-0.05, 0) is 37.3 Å². The van der Waals surface area contributed by atoms with Crippen LogP contribution in [0.4, 0.5) is 11.4 Å². The smallest absolute Gasteiger partial charge is 0.234 e. The summed E-state index contributed by atoms with van der Waals surface area (Å²) >= 11 is 1.39. The summed E-state index contributed by atoms with van der Waals surface area (Å²) in [7, 11) is 1.60. The van der Waals surface area contributed by atoms with Crippen molar-refractivity contribution in [1.29, 1.82) is 0 Å². The van der Waals surface area contributed by atoms with Gasteiger partial charge in [-0.25, -0.2) is 0 Å². The van der Waals surface area contributed by atoms with Crippen molar-refractivity contribution in [2.45, 2.75) is 11.8 Å². The van der Waals surface area contributed by atoms with Crippen molar-refractivity contribution in [3.8, 4) is 5.75 Å². The number of aryl methyl sites for hydroxylation is 1. The van der Waals surface area contributed by atoms with Crippen LogP contribution in [0.25, 0.3) is 0 Å². The molecule has 4 nitrogen and oxygen atoms in total. The van der Waals surface area contributed by atoms with Crippen LogP contribution in [0.1, 0.15) is 5.56 Å². The third-order valence-corrected chi connectivity index (χ3v) is 3.99. The molecule has 2 aromatic rings. The van der Waals surface area contributed by atoms with Crippen LogP contribution in [0, 0.1) is 6.92 Å². The summed E-state index contributed by atoms with van der Waals surface area (Å²) in [6.07, 6.45) is 0. The third-order valence-electron chi connectivity index (χ3n) is 2.91.